The second-order valence-corrected chi connectivity index (χ2v) is 6.17. The van der Waals surface area contributed by atoms with Gasteiger partial charge in [0.1, 0.15) is 5.75 Å². The molecule has 0 heterocycles. The molecule has 0 aromatic heterocycles. The number of benzene rings is 3. The molecule has 3 aromatic carbocycles. The van der Waals surface area contributed by atoms with Crippen LogP contribution < -0.4 is 0 Å². The van der Waals surface area contributed by atoms with Crippen LogP contribution in [0.4, 0.5) is 0 Å². The number of phenols is 1. The van der Waals surface area contributed by atoms with Crippen molar-refractivity contribution < 1.29 is 5.11 Å². The maximum Gasteiger partial charge on any atom is 0.143 e. The first-order chi connectivity index (χ1) is 11.6. The van der Waals surface area contributed by atoms with Crippen LogP contribution in [0.3, 0.4) is 0 Å². The lowest BCUT2D eigenvalue weighted by molar-refractivity contribution is 0.474. The zero-order valence-electron chi connectivity index (χ0n) is 12.7. The quantitative estimate of drug-likeness (QED) is 0.579. The maximum absolute atomic E-state index is 10.1. The van der Waals surface area contributed by atoms with E-state index < -0.39 is 0 Å². The summed E-state index contributed by atoms with van der Waals surface area (Å²) in [5.74, 6) is -0.0234. The lowest BCUT2D eigenvalue weighted by atomic mass is 9.99. The highest BCUT2D eigenvalue weighted by molar-refractivity contribution is 6.36. The maximum atomic E-state index is 10.1. The van der Waals surface area contributed by atoms with E-state index in [0.29, 0.717) is 10.6 Å². The van der Waals surface area contributed by atoms with Gasteiger partial charge in [0.2, 0.25) is 0 Å². The predicted molar refractivity (Wildman–Crippen MR) is 100 cm³/mol. The van der Waals surface area contributed by atoms with E-state index in [2.05, 4.69) is 4.99 Å². The fraction of sp³-hybridized carbons (Fsp3) is 0.0500. The molecule has 0 amide bonds. The van der Waals surface area contributed by atoms with Gasteiger partial charge in [-0.3, -0.25) is 4.99 Å². The summed E-state index contributed by atoms with van der Waals surface area (Å²) < 4.78 is 0. The van der Waals surface area contributed by atoms with Crippen molar-refractivity contribution in [1.82, 2.24) is 0 Å². The molecule has 0 aliphatic rings. The van der Waals surface area contributed by atoms with Crippen LogP contribution in [-0.2, 0) is 0 Å². The number of aliphatic imine (C=N–C) groups is 1. The SMILES string of the molecule is Oc1c(Cl)cc(Cl)cc1C=NC(c1ccccc1)c1ccccc1. The summed E-state index contributed by atoms with van der Waals surface area (Å²) in [6, 6.07) is 22.9. The van der Waals surface area contributed by atoms with Crippen LogP contribution in [0.5, 0.6) is 5.75 Å². The summed E-state index contributed by atoms with van der Waals surface area (Å²) in [5.41, 5.74) is 2.62. The molecular formula is C20H15Cl2NO. The average Bonchev–Trinajstić information content (AvgIpc) is 2.61. The second kappa shape index (κ2) is 7.52. The molecule has 2 nitrogen and oxygen atoms in total. The Morgan fingerprint density at radius 3 is 1.92 bits per heavy atom. The zero-order chi connectivity index (χ0) is 16.9. The Bertz CT molecular complexity index is 809. The Labute approximate surface area is 151 Å². The van der Waals surface area contributed by atoms with E-state index in [-0.39, 0.29) is 16.8 Å². The van der Waals surface area contributed by atoms with Gasteiger partial charge in [-0.05, 0) is 23.3 Å². The summed E-state index contributed by atoms with van der Waals surface area (Å²) in [4.78, 5) is 4.68. The monoisotopic (exact) mass is 355 g/mol. The third-order valence-electron chi connectivity index (χ3n) is 3.65. The van der Waals surface area contributed by atoms with E-state index >= 15 is 0 Å². The van der Waals surface area contributed by atoms with Crippen molar-refractivity contribution in [2.24, 2.45) is 4.99 Å². The van der Waals surface area contributed by atoms with Crippen molar-refractivity contribution in [2.45, 2.75) is 6.04 Å². The number of aromatic hydroxyl groups is 1. The Hall–Kier alpha value is -2.29. The van der Waals surface area contributed by atoms with Crippen LogP contribution in [0.1, 0.15) is 22.7 Å². The van der Waals surface area contributed by atoms with Gasteiger partial charge < -0.3 is 5.11 Å². The molecule has 24 heavy (non-hydrogen) atoms. The standard InChI is InChI=1S/C20H15Cl2NO/c21-17-11-16(20(24)18(22)12-17)13-23-19(14-7-3-1-4-8-14)15-9-5-2-6-10-15/h1-13,19,24H. The normalized spacial score (nSPS) is 11.3. The van der Waals surface area contributed by atoms with Crippen LogP contribution in [0, 0.1) is 0 Å². The molecule has 0 atom stereocenters. The summed E-state index contributed by atoms with van der Waals surface area (Å²) in [6.45, 7) is 0. The lowest BCUT2D eigenvalue weighted by Gasteiger charge is -2.13. The highest BCUT2D eigenvalue weighted by atomic mass is 35.5. The van der Waals surface area contributed by atoms with Gasteiger partial charge in [0.15, 0.2) is 0 Å². The van der Waals surface area contributed by atoms with Crippen molar-refractivity contribution >= 4 is 29.4 Å². The number of rotatable bonds is 4. The largest absolute Gasteiger partial charge is 0.506 e. The molecule has 1 N–H and O–H groups in total. The Kier molecular flexibility index (Phi) is 5.19. The van der Waals surface area contributed by atoms with Crippen LogP contribution in [-0.4, -0.2) is 11.3 Å². The number of halogens is 2. The molecule has 0 fully saturated rings. The predicted octanol–water partition coefficient (Wildman–Crippen LogP) is 5.91. The van der Waals surface area contributed by atoms with Crippen molar-refractivity contribution in [2.75, 3.05) is 0 Å². The molecule has 0 radical (unpaired) electrons. The molecule has 0 saturated carbocycles. The first kappa shape index (κ1) is 16.6. The van der Waals surface area contributed by atoms with E-state index in [1.807, 2.05) is 60.7 Å². The van der Waals surface area contributed by atoms with Gasteiger partial charge in [0, 0.05) is 16.8 Å². The summed E-state index contributed by atoms with van der Waals surface area (Å²) >= 11 is 12.0. The minimum absolute atomic E-state index is 0.0234. The Morgan fingerprint density at radius 1 is 0.833 bits per heavy atom. The molecule has 3 aromatic rings. The lowest BCUT2D eigenvalue weighted by Crippen LogP contribution is -1.99. The van der Waals surface area contributed by atoms with Gasteiger partial charge in [0.25, 0.3) is 0 Å². The smallest absolute Gasteiger partial charge is 0.143 e. The minimum atomic E-state index is -0.176. The van der Waals surface area contributed by atoms with Crippen molar-refractivity contribution in [3.05, 3.63) is 99.5 Å². The topological polar surface area (TPSA) is 32.6 Å². The van der Waals surface area contributed by atoms with E-state index in [0.717, 1.165) is 11.1 Å². The number of hydrogen-bond donors (Lipinski definition) is 1. The van der Waals surface area contributed by atoms with Crippen LogP contribution in [0.15, 0.2) is 77.8 Å². The average molecular weight is 356 g/mol. The van der Waals surface area contributed by atoms with E-state index in [1.165, 1.54) is 6.07 Å². The fourth-order valence-electron chi connectivity index (χ4n) is 2.47. The third-order valence-corrected chi connectivity index (χ3v) is 4.16. The van der Waals surface area contributed by atoms with Crippen LogP contribution in [0.2, 0.25) is 10.0 Å². The van der Waals surface area contributed by atoms with Gasteiger partial charge in [-0.15, -0.1) is 0 Å². The molecule has 0 aliphatic heterocycles. The van der Waals surface area contributed by atoms with Crippen molar-refractivity contribution in [3.63, 3.8) is 0 Å². The number of phenolic OH excluding ortho intramolecular Hbond substituents is 1. The molecule has 0 saturated heterocycles. The van der Waals surface area contributed by atoms with E-state index in [4.69, 9.17) is 23.2 Å². The first-order valence-electron chi connectivity index (χ1n) is 7.46. The van der Waals surface area contributed by atoms with Crippen molar-refractivity contribution in [3.8, 4) is 5.75 Å². The molecule has 3 rings (SSSR count). The highest BCUT2D eigenvalue weighted by Crippen LogP contribution is 2.31. The molecule has 120 valence electrons. The summed E-state index contributed by atoms with van der Waals surface area (Å²) in [5, 5.41) is 10.8. The van der Waals surface area contributed by atoms with Crippen LogP contribution in [0.25, 0.3) is 0 Å². The van der Waals surface area contributed by atoms with Gasteiger partial charge in [-0.1, -0.05) is 83.9 Å². The summed E-state index contributed by atoms with van der Waals surface area (Å²) in [6.07, 6.45) is 1.61. The van der Waals surface area contributed by atoms with Crippen LogP contribution >= 0.6 is 23.2 Å². The van der Waals surface area contributed by atoms with Gasteiger partial charge in [-0.25, -0.2) is 0 Å². The zero-order valence-corrected chi connectivity index (χ0v) is 14.2. The number of nitrogens with zero attached hydrogens (tertiary/aromatic N) is 1. The molecule has 0 unspecified atom stereocenters. The Balaban J connectivity index is 2.02. The van der Waals surface area contributed by atoms with Gasteiger partial charge in [0.05, 0.1) is 11.1 Å². The highest BCUT2D eigenvalue weighted by Gasteiger charge is 2.12. The second-order valence-electron chi connectivity index (χ2n) is 5.33. The van der Waals surface area contributed by atoms with Gasteiger partial charge >= 0.3 is 0 Å². The van der Waals surface area contributed by atoms with Gasteiger partial charge in [-0.2, -0.15) is 0 Å². The van der Waals surface area contributed by atoms with Crippen molar-refractivity contribution in [1.29, 1.82) is 0 Å². The molecule has 0 aliphatic carbocycles. The Morgan fingerprint density at radius 2 is 1.38 bits per heavy atom. The van der Waals surface area contributed by atoms with E-state index in [1.54, 1.807) is 12.3 Å². The third kappa shape index (κ3) is 3.78. The molecule has 4 heteroatoms. The molecule has 0 bridgehead atoms. The fourth-order valence-corrected chi connectivity index (χ4v) is 2.98. The first-order valence-corrected chi connectivity index (χ1v) is 8.22. The summed E-state index contributed by atoms with van der Waals surface area (Å²) in [7, 11) is 0. The van der Waals surface area contributed by atoms with E-state index in [9.17, 15) is 5.11 Å². The number of hydrogen-bond acceptors (Lipinski definition) is 2. The minimum Gasteiger partial charge on any atom is -0.506 e. The molecule has 0 spiro atoms. The molecular weight excluding hydrogens is 341 g/mol.